The van der Waals surface area contributed by atoms with Crippen LogP contribution in [-0.2, 0) is 4.74 Å². The van der Waals surface area contributed by atoms with Crippen molar-refractivity contribution in [3.8, 4) is 12.3 Å². The lowest BCUT2D eigenvalue weighted by molar-refractivity contribution is -0.384. The minimum Gasteiger partial charge on any atom is -0.465 e. The summed E-state index contributed by atoms with van der Waals surface area (Å²) in [5, 5.41) is 13.1. The zero-order valence-electron chi connectivity index (χ0n) is 10.0. The van der Waals surface area contributed by atoms with Gasteiger partial charge < -0.3 is 10.1 Å². The Bertz CT molecular complexity index is 574. The van der Waals surface area contributed by atoms with Crippen molar-refractivity contribution in [3.63, 3.8) is 0 Å². The fourth-order valence-corrected chi connectivity index (χ4v) is 1.32. The van der Waals surface area contributed by atoms with Crippen LogP contribution >= 0.6 is 0 Å². The number of rotatable bonds is 4. The number of methoxy groups -OCH3 is 1. The molecule has 0 unspecified atom stereocenters. The number of ether oxygens (including phenoxy) is 1. The van der Waals surface area contributed by atoms with Gasteiger partial charge in [0.15, 0.2) is 0 Å². The van der Waals surface area contributed by atoms with Crippen LogP contribution in [0.2, 0.25) is 0 Å². The van der Waals surface area contributed by atoms with Gasteiger partial charge in [-0.2, -0.15) is 0 Å². The summed E-state index contributed by atoms with van der Waals surface area (Å²) in [6, 6.07) is 3.28. The van der Waals surface area contributed by atoms with Gasteiger partial charge in [0.25, 0.3) is 11.6 Å². The number of hydrogen-bond acceptors (Lipinski definition) is 5. The van der Waals surface area contributed by atoms with Crippen molar-refractivity contribution in [2.75, 3.05) is 13.7 Å². The molecule has 0 bridgehead atoms. The van der Waals surface area contributed by atoms with Crippen LogP contribution in [0.4, 0.5) is 5.69 Å². The van der Waals surface area contributed by atoms with Crippen LogP contribution in [0.5, 0.6) is 0 Å². The Morgan fingerprint density at radius 1 is 1.42 bits per heavy atom. The summed E-state index contributed by atoms with van der Waals surface area (Å²) in [5.74, 6) is 0.823. The highest BCUT2D eigenvalue weighted by molar-refractivity contribution is 5.99. The number of hydrogen-bond donors (Lipinski definition) is 1. The molecule has 1 amide bonds. The molecule has 7 nitrogen and oxygen atoms in total. The number of carbonyl (C=O) groups excluding carboxylic acids is 2. The number of nitrogens with one attached hydrogen (secondary N) is 1. The van der Waals surface area contributed by atoms with Gasteiger partial charge in [-0.25, -0.2) is 4.79 Å². The number of carbonyl (C=O) groups is 2. The molecular weight excluding hydrogens is 252 g/mol. The van der Waals surface area contributed by atoms with E-state index in [9.17, 15) is 19.7 Å². The van der Waals surface area contributed by atoms with E-state index in [2.05, 4.69) is 16.0 Å². The zero-order chi connectivity index (χ0) is 14.4. The third-order valence-corrected chi connectivity index (χ3v) is 2.16. The van der Waals surface area contributed by atoms with Gasteiger partial charge in [-0.05, 0) is 6.07 Å². The molecule has 0 radical (unpaired) electrons. The number of non-ortho nitro benzene ring substituents is 1. The molecule has 0 saturated carbocycles. The summed E-state index contributed by atoms with van der Waals surface area (Å²) in [4.78, 5) is 33.1. The average Bonchev–Trinajstić information content (AvgIpc) is 2.43. The second-order valence-electron chi connectivity index (χ2n) is 3.40. The Morgan fingerprint density at radius 2 is 2.05 bits per heavy atom. The van der Waals surface area contributed by atoms with Gasteiger partial charge in [-0.3, -0.25) is 14.9 Å². The molecule has 1 aromatic carbocycles. The topological polar surface area (TPSA) is 98.5 Å². The highest BCUT2D eigenvalue weighted by Crippen LogP contribution is 2.18. The SMILES string of the molecule is C#CCNC(=O)c1cc(C(=O)OC)cc([N+](=O)[O-])c1. The van der Waals surface area contributed by atoms with Crippen molar-refractivity contribution in [1.82, 2.24) is 5.32 Å². The molecule has 0 heterocycles. The van der Waals surface area contributed by atoms with Crippen molar-refractivity contribution in [2.24, 2.45) is 0 Å². The number of nitrogens with zero attached hydrogens (tertiary/aromatic N) is 1. The Kier molecular flexibility index (Phi) is 4.60. The first kappa shape index (κ1) is 14.2. The zero-order valence-corrected chi connectivity index (χ0v) is 10.0. The second kappa shape index (κ2) is 6.16. The largest absolute Gasteiger partial charge is 0.465 e. The Morgan fingerprint density at radius 3 is 2.58 bits per heavy atom. The van der Waals surface area contributed by atoms with Gasteiger partial charge in [-0.15, -0.1) is 6.42 Å². The molecule has 0 atom stereocenters. The molecule has 0 aliphatic rings. The molecule has 0 saturated heterocycles. The first-order chi connectivity index (χ1) is 8.99. The summed E-state index contributed by atoms with van der Waals surface area (Å²) >= 11 is 0. The molecule has 0 fully saturated rings. The molecule has 1 rings (SSSR count). The van der Waals surface area contributed by atoms with Gasteiger partial charge in [0.1, 0.15) is 0 Å². The smallest absolute Gasteiger partial charge is 0.338 e. The molecule has 1 N–H and O–H groups in total. The molecule has 7 heteroatoms. The lowest BCUT2D eigenvalue weighted by Crippen LogP contribution is -2.24. The Labute approximate surface area is 108 Å². The van der Waals surface area contributed by atoms with E-state index in [0.717, 1.165) is 19.2 Å². The summed E-state index contributed by atoms with van der Waals surface area (Å²) in [6.07, 6.45) is 4.99. The van der Waals surface area contributed by atoms with E-state index in [0.29, 0.717) is 0 Å². The lowest BCUT2D eigenvalue weighted by atomic mass is 10.1. The first-order valence-electron chi connectivity index (χ1n) is 5.09. The van der Waals surface area contributed by atoms with E-state index in [-0.39, 0.29) is 23.4 Å². The van der Waals surface area contributed by atoms with E-state index in [4.69, 9.17) is 6.42 Å². The van der Waals surface area contributed by atoms with E-state index in [1.807, 2.05) is 0 Å². The third kappa shape index (κ3) is 3.54. The molecular formula is C12H10N2O5. The van der Waals surface area contributed by atoms with Crippen LogP contribution in [0.15, 0.2) is 18.2 Å². The predicted molar refractivity (Wildman–Crippen MR) is 65.6 cm³/mol. The fourth-order valence-electron chi connectivity index (χ4n) is 1.32. The van der Waals surface area contributed by atoms with Crippen LogP contribution in [0, 0.1) is 22.5 Å². The number of esters is 1. The van der Waals surface area contributed by atoms with Crippen molar-refractivity contribution in [3.05, 3.63) is 39.4 Å². The van der Waals surface area contributed by atoms with Gasteiger partial charge >= 0.3 is 5.97 Å². The molecule has 0 aromatic heterocycles. The fraction of sp³-hybridized carbons (Fsp3) is 0.167. The van der Waals surface area contributed by atoms with E-state index >= 15 is 0 Å². The highest BCUT2D eigenvalue weighted by atomic mass is 16.6. The van der Waals surface area contributed by atoms with Crippen molar-refractivity contribution < 1.29 is 19.2 Å². The predicted octanol–water partition coefficient (Wildman–Crippen LogP) is 0.744. The van der Waals surface area contributed by atoms with Crippen molar-refractivity contribution in [1.29, 1.82) is 0 Å². The number of nitro groups is 1. The quantitative estimate of drug-likeness (QED) is 0.373. The summed E-state index contributed by atoms with van der Waals surface area (Å²) in [6.45, 7) is -0.0188. The number of amides is 1. The highest BCUT2D eigenvalue weighted by Gasteiger charge is 2.17. The molecule has 1 aromatic rings. The summed E-state index contributed by atoms with van der Waals surface area (Å²) in [7, 11) is 1.14. The van der Waals surface area contributed by atoms with Gasteiger partial charge in [0, 0.05) is 17.7 Å². The number of terminal acetylenes is 1. The molecule has 19 heavy (non-hydrogen) atoms. The first-order valence-corrected chi connectivity index (χ1v) is 5.09. The standard InChI is InChI=1S/C12H10N2O5/c1-3-4-13-11(15)8-5-9(12(16)19-2)7-10(6-8)14(17)18/h1,5-7H,4H2,2H3,(H,13,15). The van der Waals surface area contributed by atoms with Gasteiger partial charge in [0.2, 0.25) is 0 Å². The van der Waals surface area contributed by atoms with Crippen LogP contribution in [0.3, 0.4) is 0 Å². The molecule has 0 spiro atoms. The number of benzene rings is 1. The molecule has 0 aliphatic carbocycles. The average molecular weight is 262 g/mol. The maximum atomic E-state index is 11.7. The minimum atomic E-state index is -0.769. The van der Waals surface area contributed by atoms with E-state index in [1.54, 1.807) is 0 Å². The maximum Gasteiger partial charge on any atom is 0.338 e. The van der Waals surface area contributed by atoms with E-state index < -0.39 is 16.8 Å². The maximum absolute atomic E-state index is 11.7. The summed E-state index contributed by atoms with van der Waals surface area (Å²) in [5.41, 5.74) is -0.499. The van der Waals surface area contributed by atoms with Crippen LogP contribution in [0.1, 0.15) is 20.7 Å². The van der Waals surface area contributed by atoms with Gasteiger partial charge in [0.05, 0.1) is 24.1 Å². The summed E-state index contributed by atoms with van der Waals surface area (Å²) < 4.78 is 4.46. The van der Waals surface area contributed by atoms with Crippen LogP contribution in [0.25, 0.3) is 0 Å². The van der Waals surface area contributed by atoms with Gasteiger partial charge in [-0.1, -0.05) is 5.92 Å². The lowest BCUT2D eigenvalue weighted by Gasteiger charge is -2.04. The Hall–Kier alpha value is -2.88. The third-order valence-electron chi connectivity index (χ3n) is 2.16. The second-order valence-corrected chi connectivity index (χ2v) is 3.40. The van der Waals surface area contributed by atoms with Crippen LogP contribution in [-0.4, -0.2) is 30.5 Å². The van der Waals surface area contributed by atoms with Crippen LogP contribution < -0.4 is 5.32 Å². The Balaban J connectivity index is 3.21. The minimum absolute atomic E-state index is 0.0188. The van der Waals surface area contributed by atoms with Crippen molar-refractivity contribution in [2.45, 2.75) is 0 Å². The monoisotopic (exact) mass is 262 g/mol. The van der Waals surface area contributed by atoms with Crippen molar-refractivity contribution >= 4 is 17.6 Å². The molecule has 0 aliphatic heterocycles. The number of nitro benzene ring substituents is 1. The molecule has 98 valence electrons. The van der Waals surface area contributed by atoms with E-state index in [1.165, 1.54) is 6.07 Å². The normalized spacial score (nSPS) is 9.26.